The summed E-state index contributed by atoms with van der Waals surface area (Å²) in [5.41, 5.74) is 2.39. The van der Waals surface area contributed by atoms with Crippen LogP contribution in [-0.4, -0.2) is 114 Å². The fourth-order valence-electron chi connectivity index (χ4n) is 7.18. The number of amides is 2. The van der Waals surface area contributed by atoms with Crippen LogP contribution in [0.5, 0.6) is 0 Å². The molecule has 3 aromatic rings. The Morgan fingerprint density at radius 1 is 0.667 bits per heavy atom. The number of rotatable bonds is 9. The van der Waals surface area contributed by atoms with Crippen LogP contribution in [0.2, 0.25) is 0 Å². The van der Waals surface area contributed by atoms with Crippen molar-refractivity contribution in [2.75, 3.05) is 26.3 Å². The molecular formula is C41H50N2O11. The Hall–Kier alpha value is -4.53. The topological polar surface area (TPSA) is 143 Å². The summed E-state index contributed by atoms with van der Waals surface area (Å²) in [6.45, 7) is 8.94. The van der Waals surface area contributed by atoms with Crippen LogP contribution >= 0.6 is 0 Å². The van der Waals surface area contributed by atoms with Crippen LogP contribution in [0.3, 0.4) is 0 Å². The van der Waals surface area contributed by atoms with Gasteiger partial charge in [-0.2, -0.15) is 0 Å². The zero-order valence-electron chi connectivity index (χ0n) is 31.2. The van der Waals surface area contributed by atoms with Crippen molar-refractivity contribution < 1.29 is 52.6 Å². The van der Waals surface area contributed by atoms with E-state index in [0.717, 1.165) is 16.7 Å². The maximum Gasteiger partial charge on any atom is 0.410 e. The van der Waals surface area contributed by atoms with Crippen molar-refractivity contribution in [2.45, 2.75) is 102 Å². The number of aliphatic hydroxyl groups is 1. The van der Waals surface area contributed by atoms with Gasteiger partial charge in [0.15, 0.2) is 0 Å². The van der Waals surface area contributed by atoms with Crippen molar-refractivity contribution in [1.29, 1.82) is 0 Å². The number of likely N-dealkylation sites (tertiary alicyclic amines) is 2. The lowest BCUT2D eigenvalue weighted by Crippen LogP contribution is -2.47. The molecule has 1 N–H and O–H groups in total. The molecule has 2 amide bonds. The molecule has 0 radical (unpaired) electrons. The zero-order valence-corrected chi connectivity index (χ0v) is 31.2. The molecule has 0 bridgehead atoms. The maximum absolute atomic E-state index is 12.7. The molecule has 4 heterocycles. The Labute approximate surface area is 316 Å². The molecule has 0 aliphatic carbocycles. The number of esters is 1. The minimum absolute atomic E-state index is 0.194. The van der Waals surface area contributed by atoms with E-state index in [4.69, 9.17) is 33.2 Å². The van der Waals surface area contributed by atoms with E-state index in [0.29, 0.717) is 26.3 Å². The van der Waals surface area contributed by atoms with Crippen LogP contribution in [-0.2, 0) is 57.8 Å². The molecule has 3 aromatic carbocycles. The molecule has 13 nitrogen and oxygen atoms in total. The normalized spacial score (nSPS) is 27.1. The number of benzene rings is 3. The average molecular weight is 747 g/mol. The number of fused-ring (bicyclic) bond motifs is 2. The Balaban J connectivity index is 0.000000184. The molecule has 7 rings (SSSR count). The van der Waals surface area contributed by atoms with E-state index >= 15 is 0 Å². The lowest BCUT2D eigenvalue weighted by atomic mass is 10.1. The second kappa shape index (κ2) is 17.7. The number of carbonyl (C=O) groups is 3. The molecule has 4 aliphatic rings. The molecule has 4 saturated heterocycles. The fourth-order valence-corrected chi connectivity index (χ4v) is 7.18. The zero-order chi connectivity index (χ0) is 38.2. The Morgan fingerprint density at radius 3 is 1.63 bits per heavy atom. The summed E-state index contributed by atoms with van der Waals surface area (Å²) in [5, 5.41) is 10.3. The number of hydrogen-bond acceptors (Lipinski definition) is 11. The SMILES string of the molecule is CC(=O)O[C@H]1CO[C@H]2[C@@H]1N(C(=O)OC(C)(C)C)C[C@H]2OCc1ccccc1.O=C(OCc1ccccc1)N1C[C@@H](OCc2ccccc2)[C@H]2OC[C@H](O)[C@H]21. The van der Waals surface area contributed by atoms with Crippen LogP contribution in [0.1, 0.15) is 44.4 Å². The van der Waals surface area contributed by atoms with Crippen molar-refractivity contribution in [1.82, 2.24) is 9.80 Å². The van der Waals surface area contributed by atoms with E-state index in [-0.39, 0.29) is 44.2 Å². The van der Waals surface area contributed by atoms with E-state index < -0.39 is 48.0 Å². The number of nitrogens with zero attached hydrogens (tertiary/aromatic N) is 2. The third-order valence-electron chi connectivity index (χ3n) is 9.57. The van der Waals surface area contributed by atoms with Gasteiger partial charge in [0.2, 0.25) is 0 Å². The monoisotopic (exact) mass is 746 g/mol. The smallest absolute Gasteiger partial charge is 0.410 e. The second-order valence-corrected chi connectivity index (χ2v) is 14.8. The van der Waals surface area contributed by atoms with Gasteiger partial charge in [-0.15, -0.1) is 0 Å². The van der Waals surface area contributed by atoms with Gasteiger partial charge in [0.05, 0.1) is 45.6 Å². The largest absolute Gasteiger partial charge is 0.458 e. The Kier molecular flexibility index (Phi) is 12.9. The second-order valence-electron chi connectivity index (χ2n) is 14.8. The molecule has 290 valence electrons. The summed E-state index contributed by atoms with van der Waals surface area (Å²) >= 11 is 0. The fraction of sp³-hybridized carbons (Fsp3) is 0.488. The average Bonchev–Trinajstić information content (AvgIpc) is 3.93. The lowest BCUT2D eigenvalue weighted by Gasteiger charge is -2.29. The number of carbonyl (C=O) groups excluding carboxylic acids is 3. The molecule has 0 aromatic heterocycles. The summed E-state index contributed by atoms with van der Waals surface area (Å²) in [6.07, 6.45) is -3.47. The highest BCUT2D eigenvalue weighted by Gasteiger charge is 2.56. The first kappa shape index (κ1) is 39.2. The van der Waals surface area contributed by atoms with Gasteiger partial charge in [0.25, 0.3) is 0 Å². The third kappa shape index (κ3) is 9.96. The predicted octanol–water partition coefficient (Wildman–Crippen LogP) is 4.87. The highest BCUT2D eigenvalue weighted by atomic mass is 16.6. The quantitative estimate of drug-likeness (QED) is 0.237. The molecule has 54 heavy (non-hydrogen) atoms. The van der Waals surface area contributed by atoms with Crippen molar-refractivity contribution in [3.05, 3.63) is 108 Å². The Bertz CT molecular complexity index is 1670. The number of hydrogen-bond donors (Lipinski definition) is 1. The van der Waals surface area contributed by atoms with Gasteiger partial charge in [-0.25, -0.2) is 9.59 Å². The number of ether oxygens (including phenoxy) is 7. The molecule has 0 unspecified atom stereocenters. The first-order chi connectivity index (χ1) is 26.0. The van der Waals surface area contributed by atoms with Gasteiger partial charge in [-0.05, 0) is 37.5 Å². The lowest BCUT2D eigenvalue weighted by molar-refractivity contribution is -0.148. The minimum Gasteiger partial charge on any atom is -0.458 e. The van der Waals surface area contributed by atoms with Gasteiger partial charge in [-0.3, -0.25) is 14.6 Å². The summed E-state index contributed by atoms with van der Waals surface area (Å²) in [7, 11) is 0. The standard InChI is InChI=1S/C21H23NO5.C20H27NO6/c23-17-14-26-20-18(25-12-15-7-3-1-4-8-15)11-22(19(17)20)21(24)27-13-16-9-5-2-6-10-16;1-13(22)26-16-12-25-18-15(24-11-14-8-6-5-7-9-14)10-21(17(16)18)19(23)27-20(2,3)4/h1-10,17-20,23H,11-14H2;5-9,15-18H,10-12H2,1-4H3/t17-,18+,19+,20+;15-,16+,17-,18-/m01/s1. The van der Waals surface area contributed by atoms with Crippen LogP contribution in [0.15, 0.2) is 91.0 Å². The maximum atomic E-state index is 12.7. The van der Waals surface area contributed by atoms with Crippen LogP contribution < -0.4 is 0 Å². The number of aliphatic hydroxyl groups excluding tert-OH is 1. The van der Waals surface area contributed by atoms with Crippen LogP contribution in [0.25, 0.3) is 0 Å². The van der Waals surface area contributed by atoms with E-state index in [1.807, 2.05) is 112 Å². The molecule has 8 atom stereocenters. The molecule has 13 heteroatoms. The van der Waals surface area contributed by atoms with Gasteiger partial charge in [0, 0.05) is 6.92 Å². The molecule has 4 aliphatic heterocycles. The van der Waals surface area contributed by atoms with Crippen molar-refractivity contribution in [3.8, 4) is 0 Å². The van der Waals surface area contributed by atoms with Crippen LogP contribution in [0.4, 0.5) is 9.59 Å². The minimum atomic E-state index is -0.732. The first-order valence-corrected chi connectivity index (χ1v) is 18.3. The van der Waals surface area contributed by atoms with Gasteiger partial charge < -0.3 is 38.3 Å². The third-order valence-corrected chi connectivity index (χ3v) is 9.57. The van der Waals surface area contributed by atoms with E-state index in [1.54, 1.807) is 9.80 Å². The molecule has 4 fully saturated rings. The Morgan fingerprint density at radius 2 is 1.13 bits per heavy atom. The van der Waals surface area contributed by atoms with Gasteiger partial charge in [0.1, 0.15) is 54.9 Å². The highest BCUT2D eigenvalue weighted by Crippen LogP contribution is 2.35. The van der Waals surface area contributed by atoms with E-state index in [9.17, 15) is 19.5 Å². The predicted molar refractivity (Wildman–Crippen MR) is 195 cm³/mol. The first-order valence-electron chi connectivity index (χ1n) is 18.3. The highest BCUT2D eigenvalue weighted by molar-refractivity contribution is 5.70. The summed E-state index contributed by atoms with van der Waals surface area (Å²) in [4.78, 5) is 39.9. The van der Waals surface area contributed by atoms with Gasteiger partial charge in [-0.1, -0.05) is 91.0 Å². The van der Waals surface area contributed by atoms with Crippen molar-refractivity contribution in [2.24, 2.45) is 0 Å². The van der Waals surface area contributed by atoms with E-state index in [2.05, 4.69) is 0 Å². The van der Waals surface area contributed by atoms with Gasteiger partial charge >= 0.3 is 18.2 Å². The van der Waals surface area contributed by atoms with Crippen molar-refractivity contribution >= 4 is 18.2 Å². The van der Waals surface area contributed by atoms with E-state index in [1.165, 1.54) is 6.92 Å². The molecule has 0 spiro atoms. The molecular weight excluding hydrogens is 696 g/mol. The van der Waals surface area contributed by atoms with Crippen LogP contribution in [0, 0.1) is 0 Å². The molecule has 0 saturated carbocycles. The summed E-state index contributed by atoms with van der Waals surface area (Å²) in [6, 6.07) is 28.3. The van der Waals surface area contributed by atoms with Crippen molar-refractivity contribution in [3.63, 3.8) is 0 Å². The summed E-state index contributed by atoms with van der Waals surface area (Å²) in [5.74, 6) is -0.401. The summed E-state index contributed by atoms with van der Waals surface area (Å²) < 4.78 is 40.0.